The van der Waals surface area contributed by atoms with Crippen molar-refractivity contribution in [2.24, 2.45) is 5.92 Å². The van der Waals surface area contributed by atoms with Gasteiger partial charge in [0.2, 0.25) is 5.91 Å². The number of hydrogen-bond acceptors (Lipinski definition) is 2. The molecule has 2 rings (SSSR count). The van der Waals surface area contributed by atoms with Crippen LogP contribution in [-0.4, -0.2) is 26.0 Å². The average molecular weight is 339 g/mol. The van der Waals surface area contributed by atoms with E-state index in [0.717, 1.165) is 30.4 Å². The topological polar surface area (TPSA) is 41.1 Å². The molecule has 20 heavy (non-hydrogen) atoms. The molecule has 0 heterocycles. The molecular weight excluding hydrogens is 316 g/mol. The lowest BCUT2D eigenvalue weighted by atomic mass is 9.64. The highest BCUT2D eigenvalue weighted by atomic mass is 79.9. The van der Waals surface area contributed by atoms with Crippen molar-refractivity contribution in [2.75, 3.05) is 20.1 Å². The number of amides is 1. The van der Waals surface area contributed by atoms with Crippen LogP contribution in [-0.2, 0) is 10.2 Å². The average Bonchev–Trinajstić information content (AvgIpc) is 2.37. The van der Waals surface area contributed by atoms with Crippen LogP contribution in [0, 0.1) is 5.92 Å². The van der Waals surface area contributed by atoms with Crippen molar-refractivity contribution in [3.8, 4) is 0 Å². The van der Waals surface area contributed by atoms with Crippen LogP contribution in [0.4, 0.5) is 0 Å². The van der Waals surface area contributed by atoms with Gasteiger partial charge in [-0.05, 0) is 37.6 Å². The maximum atomic E-state index is 12.1. The number of nitrogens with one attached hydrogen (secondary N) is 2. The summed E-state index contributed by atoms with van der Waals surface area (Å²) in [6.45, 7) is 3.42. The first-order valence-electron chi connectivity index (χ1n) is 7.26. The summed E-state index contributed by atoms with van der Waals surface area (Å²) < 4.78 is 1.11. The minimum Gasteiger partial charge on any atom is -0.355 e. The smallest absolute Gasteiger partial charge is 0.224 e. The van der Waals surface area contributed by atoms with Crippen LogP contribution in [0.1, 0.15) is 31.7 Å². The minimum absolute atomic E-state index is 0.0136. The molecule has 0 bridgehead atoms. The molecule has 0 aliphatic heterocycles. The lowest BCUT2D eigenvalue weighted by Gasteiger charge is -2.43. The molecule has 1 aliphatic rings. The summed E-state index contributed by atoms with van der Waals surface area (Å²) in [4.78, 5) is 12.1. The van der Waals surface area contributed by atoms with Gasteiger partial charge in [-0.1, -0.05) is 41.4 Å². The van der Waals surface area contributed by atoms with Gasteiger partial charge < -0.3 is 10.6 Å². The molecule has 1 saturated carbocycles. The van der Waals surface area contributed by atoms with Gasteiger partial charge in [-0.25, -0.2) is 0 Å². The lowest BCUT2D eigenvalue weighted by Crippen LogP contribution is -2.47. The Balaban J connectivity index is 2.00. The molecule has 1 unspecified atom stereocenters. The van der Waals surface area contributed by atoms with Gasteiger partial charge >= 0.3 is 0 Å². The van der Waals surface area contributed by atoms with Gasteiger partial charge in [0, 0.05) is 28.9 Å². The molecule has 1 fully saturated rings. The number of carbonyl (C=O) groups excluding carboxylic acids is 1. The summed E-state index contributed by atoms with van der Waals surface area (Å²) in [7, 11) is 1.87. The maximum Gasteiger partial charge on any atom is 0.224 e. The highest BCUT2D eigenvalue weighted by Crippen LogP contribution is 2.43. The van der Waals surface area contributed by atoms with Gasteiger partial charge in [-0.3, -0.25) is 4.79 Å². The molecule has 2 N–H and O–H groups in total. The zero-order chi connectivity index (χ0) is 14.6. The molecule has 110 valence electrons. The van der Waals surface area contributed by atoms with Crippen molar-refractivity contribution in [1.82, 2.24) is 10.6 Å². The molecule has 0 aromatic heterocycles. The van der Waals surface area contributed by atoms with Gasteiger partial charge in [-0.15, -0.1) is 0 Å². The zero-order valence-corrected chi connectivity index (χ0v) is 13.8. The minimum atomic E-state index is 0.0136. The van der Waals surface area contributed by atoms with Gasteiger partial charge in [0.15, 0.2) is 0 Å². The predicted molar refractivity (Wildman–Crippen MR) is 85.8 cm³/mol. The first kappa shape index (κ1) is 15.5. The van der Waals surface area contributed by atoms with Gasteiger partial charge in [0.25, 0.3) is 0 Å². The Morgan fingerprint density at radius 1 is 1.45 bits per heavy atom. The lowest BCUT2D eigenvalue weighted by molar-refractivity contribution is -0.124. The third-order valence-corrected chi connectivity index (χ3v) is 4.80. The van der Waals surface area contributed by atoms with E-state index in [2.05, 4.69) is 44.8 Å². The number of halogens is 1. The quantitative estimate of drug-likeness (QED) is 0.837. The van der Waals surface area contributed by atoms with Crippen molar-refractivity contribution in [1.29, 1.82) is 0 Å². The second-order valence-electron chi connectivity index (χ2n) is 5.82. The molecule has 1 atom stereocenters. The van der Waals surface area contributed by atoms with Crippen molar-refractivity contribution < 1.29 is 4.79 Å². The zero-order valence-electron chi connectivity index (χ0n) is 12.2. The van der Waals surface area contributed by atoms with Crippen LogP contribution in [0.15, 0.2) is 28.7 Å². The van der Waals surface area contributed by atoms with Crippen molar-refractivity contribution in [3.63, 3.8) is 0 Å². The number of hydrogen-bond donors (Lipinski definition) is 2. The molecule has 4 heteroatoms. The molecule has 1 aromatic carbocycles. The summed E-state index contributed by atoms with van der Waals surface area (Å²) in [5, 5.41) is 6.18. The summed E-state index contributed by atoms with van der Waals surface area (Å²) in [5.41, 5.74) is 1.47. The highest BCUT2D eigenvalue weighted by molar-refractivity contribution is 9.10. The van der Waals surface area contributed by atoms with Crippen LogP contribution in [0.3, 0.4) is 0 Å². The Morgan fingerprint density at radius 2 is 2.20 bits per heavy atom. The van der Waals surface area contributed by atoms with Crippen molar-refractivity contribution in [2.45, 2.75) is 31.6 Å². The summed E-state index contributed by atoms with van der Waals surface area (Å²) in [5.74, 6) is 0.153. The Bertz CT molecular complexity index is 471. The van der Waals surface area contributed by atoms with E-state index in [9.17, 15) is 4.79 Å². The first-order chi connectivity index (χ1) is 9.57. The molecule has 3 nitrogen and oxygen atoms in total. The number of rotatable bonds is 6. The monoisotopic (exact) mass is 338 g/mol. The number of carbonyl (C=O) groups is 1. The molecule has 0 spiro atoms. The Morgan fingerprint density at radius 3 is 2.75 bits per heavy atom. The molecule has 1 amide bonds. The third kappa shape index (κ3) is 3.41. The van der Waals surface area contributed by atoms with Crippen LogP contribution < -0.4 is 10.6 Å². The second kappa shape index (κ2) is 6.72. The molecule has 0 radical (unpaired) electrons. The van der Waals surface area contributed by atoms with E-state index in [1.807, 2.05) is 20.0 Å². The third-order valence-electron chi connectivity index (χ3n) is 4.31. The van der Waals surface area contributed by atoms with Gasteiger partial charge in [0.1, 0.15) is 0 Å². The van der Waals surface area contributed by atoms with Crippen LogP contribution >= 0.6 is 15.9 Å². The molecule has 1 aromatic rings. The summed E-state index contributed by atoms with van der Waals surface area (Å²) >= 11 is 3.54. The van der Waals surface area contributed by atoms with Crippen molar-refractivity contribution >= 4 is 21.8 Å². The van der Waals surface area contributed by atoms with E-state index in [0.29, 0.717) is 0 Å². The van der Waals surface area contributed by atoms with E-state index >= 15 is 0 Å². The Labute approximate surface area is 129 Å². The largest absolute Gasteiger partial charge is 0.355 e. The van der Waals surface area contributed by atoms with Crippen LogP contribution in [0.2, 0.25) is 0 Å². The van der Waals surface area contributed by atoms with E-state index in [4.69, 9.17) is 0 Å². The fraction of sp³-hybridized carbons (Fsp3) is 0.562. The Kier molecular flexibility index (Phi) is 5.22. The van der Waals surface area contributed by atoms with E-state index in [-0.39, 0.29) is 17.2 Å². The Hall–Kier alpha value is -0.870. The van der Waals surface area contributed by atoms with E-state index in [1.165, 1.54) is 12.0 Å². The number of benzene rings is 1. The fourth-order valence-corrected chi connectivity index (χ4v) is 3.22. The van der Waals surface area contributed by atoms with Gasteiger partial charge in [-0.2, -0.15) is 0 Å². The normalized spacial score (nSPS) is 18.1. The standard InChI is InChI=1S/C16H23BrN2O/c1-12(10-18-2)15(20)19-11-16(7-4-8-16)13-5-3-6-14(17)9-13/h3,5-6,9,12,18H,4,7-8,10-11H2,1-2H3,(H,19,20). The molecular formula is C16H23BrN2O. The van der Waals surface area contributed by atoms with Gasteiger partial charge in [0.05, 0.1) is 0 Å². The maximum absolute atomic E-state index is 12.1. The SMILES string of the molecule is CNCC(C)C(=O)NCC1(c2cccc(Br)c2)CCC1. The second-order valence-corrected chi connectivity index (χ2v) is 6.74. The molecule has 0 saturated heterocycles. The first-order valence-corrected chi connectivity index (χ1v) is 8.05. The highest BCUT2D eigenvalue weighted by Gasteiger charge is 2.39. The van der Waals surface area contributed by atoms with Crippen LogP contribution in [0.25, 0.3) is 0 Å². The van der Waals surface area contributed by atoms with Crippen molar-refractivity contribution in [3.05, 3.63) is 34.3 Å². The fourth-order valence-electron chi connectivity index (χ4n) is 2.82. The predicted octanol–water partition coefficient (Wildman–Crippen LogP) is 2.84. The van der Waals surface area contributed by atoms with E-state index in [1.54, 1.807) is 0 Å². The van der Waals surface area contributed by atoms with Crippen LogP contribution in [0.5, 0.6) is 0 Å². The molecule has 1 aliphatic carbocycles. The summed E-state index contributed by atoms with van der Waals surface area (Å²) in [6.07, 6.45) is 3.56. The summed E-state index contributed by atoms with van der Waals surface area (Å²) in [6, 6.07) is 8.48. The van der Waals surface area contributed by atoms with E-state index < -0.39 is 0 Å².